The summed E-state index contributed by atoms with van der Waals surface area (Å²) in [4.78, 5) is 2.50. The summed E-state index contributed by atoms with van der Waals surface area (Å²) in [6.45, 7) is 2.55. The molecule has 0 amide bonds. The van der Waals surface area contributed by atoms with Gasteiger partial charge in [-0.2, -0.15) is 11.8 Å². The molecule has 0 aromatic rings. The van der Waals surface area contributed by atoms with Crippen LogP contribution in [0.2, 0.25) is 0 Å². The number of hydrogen-bond donors (Lipinski definition) is 1. The molecule has 1 N–H and O–H groups in total. The molecular formula is C13H26N2S. The molecule has 16 heavy (non-hydrogen) atoms. The van der Waals surface area contributed by atoms with Gasteiger partial charge in [0, 0.05) is 24.4 Å². The second-order valence-electron chi connectivity index (χ2n) is 5.56. The monoisotopic (exact) mass is 242 g/mol. The molecule has 3 heteroatoms. The molecule has 0 aromatic heterocycles. The Morgan fingerprint density at radius 3 is 2.50 bits per heavy atom. The highest BCUT2D eigenvalue weighted by atomic mass is 32.2. The van der Waals surface area contributed by atoms with Crippen LogP contribution in [0.1, 0.15) is 32.1 Å². The average Bonchev–Trinajstić information content (AvgIpc) is 2.63. The molecular weight excluding hydrogens is 216 g/mol. The minimum absolute atomic E-state index is 0.861. The minimum Gasteiger partial charge on any atom is -0.311 e. The van der Waals surface area contributed by atoms with Crippen molar-refractivity contribution in [2.24, 2.45) is 5.92 Å². The number of hydrogen-bond acceptors (Lipinski definition) is 3. The molecule has 2 unspecified atom stereocenters. The van der Waals surface area contributed by atoms with Crippen molar-refractivity contribution < 1.29 is 0 Å². The molecule has 94 valence electrons. The summed E-state index contributed by atoms with van der Waals surface area (Å²) >= 11 is 1.95. The van der Waals surface area contributed by atoms with E-state index in [2.05, 4.69) is 23.5 Å². The summed E-state index contributed by atoms with van der Waals surface area (Å²) in [6, 6.07) is 1.72. The van der Waals surface area contributed by atoms with Crippen LogP contribution in [0.4, 0.5) is 0 Å². The Labute approximate surface area is 105 Å². The minimum atomic E-state index is 0.861. The van der Waals surface area contributed by atoms with Crippen LogP contribution in [0.15, 0.2) is 0 Å². The first kappa shape index (κ1) is 12.7. The highest BCUT2D eigenvalue weighted by Crippen LogP contribution is 2.32. The fraction of sp³-hybridized carbons (Fsp3) is 1.00. The van der Waals surface area contributed by atoms with Crippen molar-refractivity contribution in [2.45, 2.75) is 44.2 Å². The van der Waals surface area contributed by atoms with E-state index in [-0.39, 0.29) is 0 Å². The molecule has 0 radical (unpaired) electrons. The van der Waals surface area contributed by atoms with E-state index in [0.29, 0.717) is 0 Å². The van der Waals surface area contributed by atoms with Crippen LogP contribution in [-0.4, -0.2) is 49.1 Å². The van der Waals surface area contributed by atoms with E-state index >= 15 is 0 Å². The Bertz CT molecular complexity index is 198. The van der Waals surface area contributed by atoms with E-state index in [9.17, 15) is 0 Å². The fourth-order valence-corrected chi connectivity index (χ4v) is 3.67. The van der Waals surface area contributed by atoms with Gasteiger partial charge in [-0.1, -0.05) is 0 Å². The molecule has 0 spiro atoms. The van der Waals surface area contributed by atoms with Crippen LogP contribution in [0.5, 0.6) is 0 Å². The van der Waals surface area contributed by atoms with Crippen LogP contribution in [0, 0.1) is 5.92 Å². The van der Waals surface area contributed by atoms with E-state index in [0.717, 1.165) is 18.0 Å². The van der Waals surface area contributed by atoms with Crippen molar-refractivity contribution in [1.29, 1.82) is 0 Å². The van der Waals surface area contributed by atoms with Crippen LogP contribution >= 0.6 is 11.8 Å². The smallest absolute Gasteiger partial charge is 0.00728 e. The first-order chi connectivity index (χ1) is 7.78. The van der Waals surface area contributed by atoms with E-state index in [1.54, 1.807) is 0 Å². The van der Waals surface area contributed by atoms with Gasteiger partial charge in [0.25, 0.3) is 0 Å². The van der Waals surface area contributed by atoms with Gasteiger partial charge in [-0.3, -0.25) is 0 Å². The lowest BCUT2D eigenvalue weighted by molar-refractivity contribution is 0.247. The topological polar surface area (TPSA) is 15.3 Å². The summed E-state index contributed by atoms with van der Waals surface area (Å²) in [5.41, 5.74) is 0. The summed E-state index contributed by atoms with van der Waals surface area (Å²) in [6.07, 6.45) is 9.35. The van der Waals surface area contributed by atoms with Gasteiger partial charge in [-0.15, -0.1) is 0 Å². The van der Waals surface area contributed by atoms with Crippen LogP contribution in [-0.2, 0) is 0 Å². The zero-order chi connectivity index (χ0) is 11.4. The lowest BCUT2D eigenvalue weighted by Crippen LogP contribution is -2.39. The first-order valence-electron chi connectivity index (χ1n) is 6.71. The Balaban J connectivity index is 1.62. The molecule has 0 aromatic carbocycles. The predicted molar refractivity (Wildman–Crippen MR) is 73.2 cm³/mol. The van der Waals surface area contributed by atoms with Gasteiger partial charge in [0.1, 0.15) is 0 Å². The molecule has 0 aliphatic carbocycles. The zero-order valence-corrected chi connectivity index (χ0v) is 11.6. The number of nitrogens with one attached hydrogen (secondary N) is 1. The summed E-state index contributed by atoms with van der Waals surface area (Å²) in [5.74, 6) is 2.27. The average molecular weight is 242 g/mol. The third kappa shape index (κ3) is 3.64. The van der Waals surface area contributed by atoms with Gasteiger partial charge in [0.2, 0.25) is 0 Å². The molecule has 2 heterocycles. The maximum Gasteiger partial charge on any atom is 0.00728 e. The van der Waals surface area contributed by atoms with Gasteiger partial charge in [-0.05, 0) is 57.9 Å². The first-order valence-corrected chi connectivity index (χ1v) is 8.11. The fourth-order valence-electron chi connectivity index (χ4n) is 3.17. The van der Waals surface area contributed by atoms with Crippen molar-refractivity contribution in [1.82, 2.24) is 10.2 Å². The van der Waals surface area contributed by atoms with Crippen molar-refractivity contribution >= 4 is 11.8 Å². The maximum absolute atomic E-state index is 3.73. The number of rotatable bonds is 6. The number of nitrogens with zero attached hydrogens (tertiary/aromatic N) is 1. The van der Waals surface area contributed by atoms with Gasteiger partial charge < -0.3 is 10.2 Å². The van der Waals surface area contributed by atoms with Gasteiger partial charge in [-0.25, -0.2) is 0 Å². The Kier molecular flexibility index (Phi) is 4.98. The SMILES string of the molecule is CSCCN(C)CCC1CC2CCC(C1)N2. The second-order valence-corrected chi connectivity index (χ2v) is 6.55. The largest absolute Gasteiger partial charge is 0.311 e. The molecule has 2 bridgehead atoms. The Morgan fingerprint density at radius 2 is 1.88 bits per heavy atom. The predicted octanol–water partition coefficient (Wildman–Crippen LogP) is 2.20. The van der Waals surface area contributed by atoms with E-state index < -0.39 is 0 Å². The van der Waals surface area contributed by atoms with Crippen LogP contribution in [0.3, 0.4) is 0 Å². The van der Waals surface area contributed by atoms with Crippen LogP contribution < -0.4 is 5.32 Å². The maximum atomic E-state index is 3.73. The van der Waals surface area contributed by atoms with Crippen molar-refractivity contribution in [3.05, 3.63) is 0 Å². The molecule has 2 saturated heterocycles. The standard InChI is InChI=1S/C13H26N2S/c1-15(7-8-16-2)6-5-11-9-12-3-4-13(10-11)14-12/h11-14H,3-10H2,1-2H3. The molecule has 2 aliphatic rings. The van der Waals surface area contributed by atoms with E-state index in [1.807, 2.05) is 11.8 Å². The molecule has 2 rings (SSSR count). The molecule has 0 saturated carbocycles. The summed E-state index contributed by atoms with van der Waals surface area (Å²) < 4.78 is 0. The number of thioether (sulfide) groups is 1. The molecule has 2 nitrogen and oxygen atoms in total. The van der Waals surface area contributed by atoms with E-state index in [4.69, 9.17) is 0 Å². The molecule has 2 atom stereocenters. The van der Waals surface area contributed by atoms with Crippen molar-refractivity contribution in [3.8, 4) is 0 Å². The van der Waals surface area contributed by atoms with Gasteiger partial charge in [0.15, 0.2) is 0 Å². The van der Waals surface area contributed by atoms with E-state index in [1.165, 1.54) is 50.9 Å². The molecule has 2 fully saturated rings. The lowest BCUT2D eigenvalue weighted by atomic mass is 9.89. The Hall–Kier alpha value is 0.270. The quantitative estimate of drug-likeness (QED) is 0.769. The number of fused-ring (bicyclic) bond motifs is 2. The van der Waals surface area contributed by atoms with Gasteiger partial charge in [0.05, 0.1) is 0 Å². The molecule has 2 aliphatic heterocycles. The van der Waals surface area contributed by atoms with Crippen molar-refractivity contribution in [2.75, 3.05) is 32.1 Å². The lowest BCUT2D eigenvalue weighted by Gasteiger charge is -2.30. The second kappa shape index (κ2) is 6.27. The highest BCUT2D eigenvalue weighted by Gasteiger charge is 2.32. The normalized spacial score (nSPS) is 33.6. The van der Waals surface area contributed by atoms with Gasteiger partial charge >= 0.3 is 0 Å². The van der Waals surface area contributed by atoms with Crippen molar-refractivity contribution in [3.63, 3.8) is 0 Å². The third-order valence-corrected chi connectivity index (χ3v) is 4.76. The Morgan fingerprint density at radius 1 is 1.19 bits per heavy atom. The zero-order valence-electron chi connectivity index (χ0n) is 10.7. The third-order valence-electron chi connectivity index (χ3n) is 4.17. The summed E-state index contributed by atoms with van der Waals surface area (Å²) in [7, 11) is 2.27. The van der Waals surface area contributed by atoms with Crippen LogP contribution in [0.25, 0.3) is 0 Å². The highest BCUT2D eigenvalue weighted by molar-refractivity contribution is 7.98. The number of piperidine rings is 1. The summed E-state index contributed by atoms with van der Waals surface area (Å²) in [5, 5.41) is 3.73.